The van der Waals surface area contributed by atoms with Gasteiger partial charge in [-0.1, -0.05) is 6.07 Å². The van der Waals surface area contributed by atoms with Crippen LogP contribution in [0.2, 0.25) is 5.28 Å². The van der Waals surface area contributed by atoms with Gasteiger partial charge in [-0.25, -0.2) is 4.98 Å². The van der Waals surface area contributed by atoms with Crippen molar-refractivity contribution in [2.75, 3.05) is 11.9 Å². The molecule has 3 N–H and O–H groups in total. The smallest absolute Gasteiger partial charge is 0.239 e. The molecular formula is C13H12ClN7O. The number of amides is 1. The standard InChI is InChI=1S/C13H12ClN7O/c14-13-20-11(10-12(21-13)19-7-18-10)17-6-9(22)16-5-8-2-1-3-15-4-8/h1-4,7H,5-6H2,(H,16,22)(H2,17,18,19,20,21). The predicted octanol–water partition coefficient (Wildman–Crippen LogP) is 1.13. The van der Waals surface area contributed by atoms with Crippen LogP contribution in [0.4, 0.5) is 5.82 Å². The maximum atomic E-state index is 11.9. The van der Waals surface area contributed by atoms with Crippen molar-refractivity contribution in [3.05, 3.63) is 41.7 Å². The average molecular weight is 318 g/mol. The van der Waals surface area contributed by atoms with Gasteiger partial charge in [-0.05, 0) is 23.2 Å². The minimum atomic E-state index is -0.175. The molecule has 3 aromatic rings. The number of hydrogen-bond acceptors (Lipinski definition) is 6. The first-order chi connectivity index (χ1) is 10.7. The second-order valence-electron chi connectivity index (χ2n) is 4.43. The van der Waals surface area contributed by atoms with Crippen molar-refractivity contribution in [3.63, 3.8) is 0 Å². The number of hydrogen-bond donors (Lipinski definition) is 3. The van der Waals surface area contributed by atoms with E-state index in [0.29, 0.717) is 23.5 Å². The SMILES string of the molecule is O=C(CNc1nc(Cl)nc2nc[nH]c12)NCc1cccnc1. The Hall–Kier alpha value is -2.74. The zero-order valence-electron chi connectivity index (χ0n) is 11.4. The molecule has 0 unspecified atom stereocenters. The predicted molar refractivity (Wildman–Crippen MR) is 81.3 cm³/mol. The molecule has 0 aliphatic carbocycles. The number of anilines is 1. The number of carbonyl (C=O) groups excluding carboxylic acids is 1. The van der Waals surface area contributed by atoms with Crippen molar-refractivity contribution in [2.45, 2.75) is 6.54 Å². The van der Waals surface area contributed by atoms with E-state index in [1.54, 1.807) is 12.4 Å². The minimum absolute atomic E-state index is 0.0573. The summed E-state index contributed by atoms with van der Waals surface area (Å²) in [6.45, 7) is 0.472. The van der Waals surface area contributed by atoms with Gasteiger partial charge in [0.2, 0.25) is 11.2 Å². The third-order valence-corrected chi connectivity index (χ3v) is 3.06. The average Bonchev–Trinajstić information content (AvgIpc) is 3.00. The Bertz CT molecular complexity index is 789. The normalized spacial score (nSPS) is 10.6. The first kappa shape index (κ1) is 14.2. The number of nitrogens with one attached hydrogen (secondary N) is 3. The highest BCUT2D eigenvalue weighted by atomic mass is 35.5. The maximum absolute atomic E-state index is 11.9. The summed E-state index contributed by atoms with van der Waals surface area (Å²) < 4.78 is 0. The first-order valence-corrected chi connectivity index (χ1v) is 6.86. The highest BCUT2D eigenvalue weighted by Crippen LogP contribution is 2.18. The van der Waals surface area contributed by atoms with Crippen LogP contribution >= 0.6 is 11.6 Å². The van der Waals surface area contributed by atoms with E-state index in [1.807, 2.05) is 12.1 Å². The highest BCUT2D eigenvalue weighted by molar-refractivity contribution is 6.28. The zero-order valence-corrected chi connectivity index (χ0v) is 12.1. The lowest BCUT2D eigenvalue weighted by atomic mass is 10.3. The van der Waals surface area contributed by atoms with Gasteiger partial charge in [-0.15, -0.1) is 0 Å². The van der Waals surface area contributed by atoms with Gasteiger partial charge in [0.1, 0.15) is 5.52 Å². The summed E-state index contributed by atoms with van der Waals surface area (Å²) in [7, 11) is 0. The quantitative estimate of drug-likeness (QED) is 0.609. The Kier molecular flexibility index (Phi) is 4.10. The summed E-state index contributed by atoms with van der Waals surface area (Å²) in [6.07, 6.45) is 4.87. The molecule has 0 fully saturated rings. The maximum Gasteiger partial charge on any atom is 0.239 e. The van der Waals surface area contributed by atoms with Crippen molar-refractivity contribution < 1.29 is 4.79 Å². The number of pyridine rings is 1. The molecular weight excluding hydrogens is 306 g/mol. The lowest BCUT2D eigenvalue weighted by Crippen LogP contribution is -2.29. The number of rotatable bonds is 5. The van der Waals surface area contributed by atoms with E-state index in [-0.39, 0.29) is 17.7 Å². The Morgan fingerprint density at radius 1 is 1.36 bits per heavy atom. The third kappa shape index (κ3) is 3.29. The molecule has 8 nitrogen and oxygen atoms in total. The fraction of sp³-hybridized carbons (Fsp3) is 0.154. The number of nitrogens with zero attached hydrogens (tertiary/aromatic N) is 4. The lowest BCUT2D eigenvalue weighted by molar-refractivity contribution is -0.119. The number of fused-ring (bicyclic) bond motifs is 1. The van der Waals surface area contributed by atoms with Crippen LogP contribution in [0.1, 0.15) is 5.56 Å². The van der Waals surface area contributed by atoms with Crippen LogP contribution in [0.3, 0.4) is 0 Å². The Balaban J connectivity index is 1.59. The van der Waals surface area contributed by atoms with Crippen LogP contribution in [0, 0.1) is 0 Å². The van der Waals surface area contributed by atoms with Gasteiger partial charge in [-0.3, -0.25) is 9.78 Å². The first-order valence-electron chi connectivity index (χ1n) is 6.48. The number of aromatic nitrogens is 5. The van der Waals surface area contributed by atoms with Gasteiger partial charge in [0.05, 0.1) is 12.9 Å². The van der Waals surface area contributed by atoms with Crippen LogP contribution in [0.15, 0.2) is 30.9 Å². The second-order valence-corrected chi connectivity index (χ2v) is 4.77. The van der Waals surface area contributed by atoms with Crippen molar-refractivity contribution in [1.82, 2.24) is 30.2 Å². The van der Waals surface area contributed by atoms with Crippen LogP contribution in [0.25, 0.3) is 11.2 Å². The Labute approximate surface area is 130 Å². The summed E-state index contributed by atoms with van der Waals surface area (Å²) in [5.41, 5.74) is 1.97. The van der Waals surface area contributed by atoms with Crippen LogP contribution in [-0.2, 0) is 11.3 Å². The molecule has 0 aliphatic rings. The third-order valence-electron chi connectivity index (χ3n) is 2.89. The topological polar surface area (TPSA) is 108 Å². The van der Waals surface area contributed by atoms with Gasteiger partial charge < -0.3 is 15.6 Å². The number of carbonyl (C=O) groups is 1. The Morgan fingerprint density at radius 2 is 2.27 bits per heavy atom. The van der Waals surface area contributed by atoms with Crippen molar-refractivity contribution in [2.24, 2.45) is 0 Å². The molecule has 22 heavy (non-hydrogen) atoms. The van der Waals surface area contributed by atoms with Crippen LogP contribution < -0.4 is 10.6 Å². The Morgan fingerprint density at radius 3 is 3.09 bits per heavy atom. The molecule has 0 radical (unpaired) electrons. The molecule has 0 aromatic carbocycles. The molecule has 3 heterocycles. The van der Waals surface area contributed by atoms with E-state index < -0.39 is 0 Å². The van der Waals surface area contributed by atoms with Gasteiger partial charge in [0.15, 0.2) is 11.5 Å². The molecule has 0 saturated heterocycles. The van der Waals surface area contributed by atoms with E-state index in [1.165, 1.54) is 6.33 Å². The van der Waals surface area contributed by atoms with Crippen molar-refractivity contribution >= 4 is 34.5 Å². The summed E-state index contributed by atoms with van der Waals surface area (Å²) in [6, 6.07) is 3.70. The van der Waals surface area contributed by atoms with E-state index in [0.717, 1.165) is 5.56 Å². The zero-order chi connectivity index (χ0) is 15.4. The fourth-order valence-corrected chi connectivity index (χ4v) is 2.03. The van der Waals surface area contributed by atoms with Crippen molar-refractivity contribution in [3.8, 4) is 0 Å². The van der Waals surface area contributed by atoms with Crippen LogP contribution in [-0.4, -0.2) is 37.4 Å². The van der Waals surface area contributed by atoms with E-state index >= 15 is 0 Å². The molecule has 9 heteroatoms. The number of aromatic amines is 1. The van der Waals surface area contributed by atoms with Gasteiger partial charge in [0, 0.05) is 18.9 Å². The van der Waals surface area contributed by atoms with Crippen LogP contribution in [0.5, 0.6) is 0 Å². The molecule has 3 rings (SSSR count). The molecule has 1 amide bonds. The summed E-state index contributed by atoms with van der Waals surface area (Å²) in [5, 5.41) is 5.77. The minimum Gasteiger partial charge on any atom is -0.359 e. The summed E-state index contributed by atoms with van der Waals surface area (Å²) in [4.78, 5) is 30.8. The molecule has 0 bridgehead atoms. The van der Waals surface area contributed by atoms with Gasteiger partial charge in [0.25, 0.3) is 0 Å². The molecule has 0 saturated carbocycles. The van der Waals surface area contributed by atoms with Crippen molar-refractivity contribution in [1.29, 1.82) is 0 Å². The van der Waals surface area contributed by atoms with E-state index in [2.05, 4.69) is 35.6 Å². The summed E-state index contributed by atoms with van der Waals surface area (Å²) in [5.74, 6) is 0.260. The highest BCUT2D eigenvalue weighted by Gasteiger charge is 2.10. The number of halogens is 1. The lowest BCUT2D eigenvalue weighted by Gasteiger charge is -2.07. The van der Waals surface area contributed by atoms with E-state index in [9.17, 15) is 4.79 Å². The molecule has 3 aromatic heterocycles. The largest absolute Gasteiger partial charge is 0.359 e. The van der Waals surface area contributed by atoms with E-state index in [4.69, 9.17) is 11.6 Å². The monoisotopic (exact) mass is 317 g/mol. The fourth-order valence-electron chi connectivity index (χ4n) is 1.86. The summed E-state index contributed by atoms with van der Waals surface area (Å²) >= 11 is 5.81. The molecule has 112 valence electrons. The number of imidazole rings is 1. The number of H-pyrrole nitrogens is 1. The van der Waals surface area contributed by atoms with Gasteiger partial charge >= 0.3 is 0 Å². The molecule has 0 aliphatic heterocycles. The second kappa shape index (κ2) is 6.35. The molecule has 0 spiro atoms. The molecule has 0 atom stereocenters. The van der Waals surface area contributed by atoms with Gasteiger partial charge in [-0.2, -0.15) is 9.97 Å².